The number of allylic oxidation sites excluding steroid dienone is 4. The summed E-state index contributed by atoms with van der Waals surface area (Å²) in [6.07, 6.45) is 17.5. The number of unbranched alkanes of at least 4 members (excludes halogenated alkanes) is 5. The lowest BCUT2D eigenvalue weighted by atomic mass is 10.1. The first-order valence-corrected chi connectivity index (χ1v) is 5.52. The zero-order valence-corrected chi connectivity index (χ0v) is 8.97. The van der Waals surface area contributed by atoms with Gasteiger partial charge in [0.2, 0.25) is 0 Å². The molecule has 13 heavy (non-hydrogen) atoms. The molecule has 0 aromatic carbocycles. The van der Waals surface area contributed by atoms with Crippen LogP contribution in [0.1, 0.15) is 51.9 Å². The average molecular weight is 179 g/mol. The van der Waals surface area contributed by atoms with E-state index in [1.54, 1.807) is 0 Å². The Labute approximate surface area is 83.7 Å². The van der Waals surface area contributed by atoms with E-state index >= 15 is 0 Å². The van der Waals surface area contributed by atoms with Gasteiger partial charge < -0.3 is 0 Å². The first kappa shape index (κ1) is 12.5. The van der Waals surface area contributed by atoms with E-state index in [0.717, 1.165) is 12.8 Å². The Bertz CT molecular complexity index is 131. The maximum absolute atomic E-state index is 3.78. The smallest absolute Gasteiger partial charge is 0.0348 e. The molecule has 0 heterocycles. The number of rotatable bonds is 8. The predicted octanol–water partition coefficient (Wildman–Crippen LogP) is 4.68. The first-order chi connectivity index (χ1) is 6.41. The van der Waals surface area contributed by atoms with E-state index in [1.165, 1.54) is 32.1 Å². The van der Waals surface area contributed by atoms with Gasteiger partial charge in [-0.2, -0.15) is 0 Å². The van der Waals surface area contributed by atoms with Crippen LogP contribution < -0.4 is 0 Å². The molecule has 0 spiro atoms. The summed E-state index contributed by atoms with van der Waals surface area (Å²) < 4.78 is 0. The summed E-state index contributed by atoms with van der Waals surface area (Å²) >= 11 is 0. The molecule has 0 saturated carbocycles. The molecule has 0 aliphatic carbocycles. The molecule has 0 aromatic heterocycles. The highest BCUT2D eigenvalue weighted by atomic mass is 13.9. The molecule has 0 heteroatoms. The highest BCUT2D eigenvalue weighted by Crippen LogP contribution is 2.02. The molecule has 0 rings (SSSR count). The quantitative estimate of drug-likeness (QED) is 0.375. The fourth-order valence-corrected chi connectivity index (χ4v) is 1.16. The van der Waals surface area contributed by atoms with Gasteiger partial charge in [0, 0.05) is 0 Å². The van der Waals surface area contributed by atoms with Crippen LogP contribution in [0, 0.1) is 6.92 Å². The highest BCUT2D eigenvalue weighted by Gasteiger charge is 1.82. The van der Waals surface area contributed by atoms with Gasteiger partial charge in [0.1, 0.15) is 0 Å². The zero-order valence-electron chi connectivity index (χ0n) is 8.97. The molecule has 0 aliphatic heterocycles. The molecule has 0 fully saturated rings. The van der Waals surface area contributed by atoms with Crippen LogP contribution in [0.3, 0.4) is 0 Å². The Morgan fingerprint density at radius 3 is 2.23 bits per heavy atom. The Morgan fingerprint density at radius 1 is 0.923 bits per heavy atom. The molecule has 1 radical (unpaired) electrons. The molecule has 0 aromatic rings. The topological polar surface area (TPSA) is 0 Å². The van der Waals surface area contributed by atoms with E-state index in [4.69, 9.17) is 0 Å². The predicted molar refractivity (Wildman–Crippen MR) is 61.6 cm³/mol. The van der Waals surface area contributed by atoms with Gasteiger partial charge in [-0.3, -0.25) is 0 Å². The van der Waals surface area contributed by atoms with E-state index < -0.39 is 0 Å². The van der Waals surface area contributed by atoms with Crippen LogP contribution in [-0.2, 0) is 0 Å². The van der Waals surface area contributed by atoms with Gasteiger partial charge in [0.25, 0.3) is 0 Å². The summed E-state index contributed by atoms with van der Waals surface area (Å²) in [6, 6.07) is 0. The lowest BCUT2D eigenvalue weighted by molar-refractivity contribution is 0.674. The molecule has 0 amide bonds. The molecule has 0 atom stereocenters. The molecule has 75 valence electrons. The third-order valence-corrected chi connectivity index (χ3v) is 1.98. The Balaban J connectivity index is 3.12. The second-order valence-electron chi connectivity index (χ2n) is 3.35. The van der Waals surface area contributed by atoms with Gasteiger partial charge in [0.05, 0.1) is 0 Å². The molecule has 0 unspecified atom stereocenters. The van der Waals surface area contributed by atoms with Crippen molar-refractivity contribution >= 4 is 0 Å². The van der Waals surface area contributed by atoms with Crippen molar-refractivity contribution < 1.29 is 0 Å². The summed E-state index contributed by atoms with van der Waals surface area (Å²) in [4.78, 5) is 0. The lowest BCUT2D eigenvalue weighted by Gasteiger charge is -1.92. The van der Waals surface area contributed by atoms with Crippen LogP contribution in [0.25, 0.3) is 0 Å². The second-order valence-corrected chi connectivity index (χ2v) is 3.35. The SMILES string of the molecule is [CH2]CCC=CC=CCCCCCC. The summed E-state index contributed by atoms with van der Waals surface area (Å²) in [7, 11) is 0. The van der Waals surface area contributed by atoms with Gasteiger partial charge >= 0.3 is 0 Å². The van der Waals surface area contributed by atoms with Gasteiger partial charge in [-0.05, 0) is 25.7 Å². The minimum absolute atomic E-state index is 1.00. The Kier molecular flexibility index (Phi) is 11.0. The van der Waals surface area contributed by atoms with Gasteiger partial charge in [-0.1, -0.05) is 57.4 Å². The molecule has 0 aliphatic rings. The van der Waals surface area contributed by atoms with Crippen molar-refractivity contribution in [3.05, 3.63) is 31.2 Å². The van der Waals surface area contributed by atoms with Crippen molar-refractivity contribution in [2.75, 3.05) is 0 Å². The summed E-state index contributed by atoms with van der Waals surface area (Å²) in [6.45, 7) is 6.03. The molecule has 0 N–H and O–H groups in total. The molecular formula is C13H23. The minimum atomic E-state index is 1.00. The third kappa shape index (κ3) is 11.5. The van der Waals surface area contributed by atoms with Crippen LogP contribution in [0.4, 0.5) is 0 Å². The van der Waals surface area contributed by atoms with E-state index in [0.29, 0.717) is 0 Å². The average Bonchev–Trinajstić information content (AvgIpc) is 2.16. The van der Waals surface area contributed by atoms with Crippen LogP contribution in [0.5, 0.6) is 0 Å². The van der Waals surface area contributed by atoms with Crippen molar-refractivity contribution in [3.63, 3.8) is 0 Å². The molecule has 0 bridgehead atoms. The molecule has 0 saturated heterocycles. The van der Waals surface area contributed by atoms with Crippen molar-refractivity contribution in [1.29, 1.82) is 0 Å². The Morgan fingerprint density at radius 2 is 1.62 bits per heavy atom. The van der Waals surface area contributed by atoms with Crippen LogP contribution >= 0.6 is 0 Å². The normalized spacial score (nSPS) is 11.8. The fraction of sp³-hybridized carbons (Fsp3) is 0.615. The van der Waals surface area contributed by atoms with Crippen LogP contribution in [0.15, 0.2) is 24.3 Å². The van der Waals surface area contributed by atoms with Crippen LogP contribution in [-0.4, -0.2) is 0 Å². The third-order valence-electron chi connectivity index (χ3n) is 1.98. The highest BCUT2D eigenvalue weighted by molar-refractivity contribution is 5.02. The maximum Gasteiger partial charge on any atom is -0.0348 e. The number of hydrogen-bond donors (Lipinski definition) is 0. The molecule has 0 nitrogen and oxygen atoms in total. The summed E-state index contributed by atoms with van der Waals surface area (Å²) in [5.74, 6) is 0. The Hall–Kier alpha value is -0.520. The summed E-state index contributed by atoms with van der Waals surface area (Å²) in [5.41, 5.74) is 0. The summed E-state index contributed by atoms with van der Waals surface area (Å²) in [5, 5.41) is 0. The van der Waals surface area contributed by atoms with Gasteiger partial charge in [0.15, 0.2) is 0 Å². The van der Waals surface area contributed by atoms with E-state index in [9.17, 15) is 0 Å². The van der Waals surface area contributed by atoms with Crippen molar-refractivity contribution in [2.45, 2.75) is 51.9 Å². The van der Waals surface area contributed by atoms with Crippen molar-refractivity contribution in [3.8, 4) is 0 Å². The van der Waals surface area contributed by atoms with Gasteiger partial charge in [-0.15, -0.1) is 0 Å². The van der Waals surface area contributed by atoms with Gasteiger partial charge in [-0.25, -0.2) is 0 Å². The van der Waals surface area contributed by atoms with E-state index in [1.807, 2.05) is 0 Å². The number of hydrogen-bond acceptors (Lipinski definition) is 0. The molecular weight excluding hydrogens is 156 g/mol. The zero-order chi connectivity index (χ0) is 9.78. The van der Waals surface area contributed by atoms with Crippen molar-refractivity contribution in [1.82, 2.24) is 0 Å². The standard InChI is InChI=1S/C13H23/c1-3-5-7-9-11-13-12-10-8-6-4-2/h7,9,11,13H,1,3-6,8,10,12H2,2H3. The maximum atomic E-state index is 3.78. The van der Waals surface area contributed by atoms with Crippen LogP contribution in [0.2, 0.25) is 0 Å². The second kappa shape index (κ2) is 11.5. The van der Waals surface area contributed by atoms with E-state index in [2.05, 4.69) is 38.2 Å². The van der Waals surface area contributed by atoms with Crippen molar-refractivity contribution in [2.24, 2.45) is 0 Å². The monoisotopic (exact) mass is 179 g/mol. The largest absolute Gasteiger partial charge is 0.0845 e. The lowest BCUT2D eigenvalue weighted by Crippen LogP contribution is -1.73. The minimum Gasteiger partial charge on any atom is -0.0845 e. The van der Waals surface area contributed by atoms with E-state index in [-0.39, 0.29) is 0 Å². The first-order valence-electron chi connectivity index (χ1n) is 5.52. The fourth-order valence-electron chi connectivity index (χ4n) is 1.16.